The van der Waals surface area contributed by atoms with E-state index in [1.165, 1.54) is 0 Å². The Kier molecular flexibility index (Phi) is 9.51. The molecule has 7 nitrogen and oxygen atoms in total. The smallest absolute Gasteiger partial charge is 0.310 e. The van der Waals surface area contributed by atoms with Gasteiger partial charge in [-0.25, -0.2) is 0 Å². The van der Waals surface area contributed by atoms with Crippen LogP contribution < -0.4 is 4.90 Å². The molecule has 0 radical (unpaired) electrons. The number of ether oxygens (including phenoxy) is 1. The number of carbonyl (C=O) groups is 3. The van der Waals surface area contributed by atoms with Crippen LogP contribution in [0.2, 0.25) is 0 Å². The predicted molar refractivity (Wildman–Crippen MR) is 160 cm³/mol. The van der Waals surface area contributed by atoms with Crippen LogP contribution in [-0.2, 0) is 19.1 Å². The van der Waals surface area contributed by atoms with Crippen molar-refractivity contribution in [3.63, 3.8) is 0 Å². The van der Waals surface area contributed by atoms with Crippen molar-refractivity contribution in [1.29, 1.82) is 0 Å². The maximum atomic E-state index is 14.8. The van der Waals surface area contributed by atoms with Crippen LogP contribution in [0.25, 0.3) is 0 Å². The third kappa shape index (κ3) is 5.25. The molecule has 1 aromatic carbocycles. The Bertz CT molecular complexity index is 1130. The number of unbranched alkanes of at least 4 members (excludes halogenated alkanes) is 1. The van der Waals surface area contributed by atoms with Crippen LogP contribution in [0.5, 0.6) is 0 Å². The Hall–Kier alpha value is -2.58. The van der Waals surface area contributed by atoms with Gasteiger partial charge in [-0.2, -0.15) is 0 Å². The summed E-state index contributed by atoms with van der Waals surface area (Å²) in [4.78, 5) is 46.1. The number of thioether (sulfide) groups is 1. The highest BCUT2D eigenvalue weighted by Crippen LogP contribution is 2.67. The van der Waals surface area contributed by atoms with Gasteiger partial charge in [0.15, 0.2) is 0 Å². The second-order valence-electron chi connectivity index (χ2n) is 11.8. The Balaban J connectivity index is 1.79. The zero-order chi connectivity index (χ0) is 29.2. The Morgan fingerprint density at radius 1 is 1.25 bits per heavy atom. The van der Waals surface area contributed by atoms with Gasteiger partial charge in [0, 0.05) is 17.5 Å². The van der Waals surface area contributed by atoms with Crippen molar-refractivity contribution in [3.05, 3.63) is 54.6 Å². The zero-order valence-corrected chi connectivity index (χ0v) is 25.1. The summed E-state index contributed by atoms with van der Waals surface area (Å²) in [5.41, 5.74) is 2.75. The summed E-state index contributed by atoms with van der Waals surface area (Å²) in [6.07, 6.45) is 6.91. The minimum absolute atomic E-state index is 0.0657. The molecule has 2 bridgehead atoms. The second-order valence-corrected chi connectivity index (χ2v) is 13.4. The highest BCUT2D eigenvalue weighted by molar-refractivity contribution is 8.02. The van der Waals surface area contributed by atoms with Crippen LogP contribution in [0.15, 0.2) is 43.5 Å². The van der Waals surface area contributed by atoms with Gasteiger partial charge in [-0.15, -0.1) is 24.9 Å². The molecular formula is C32H44N2O5S. The first-order chi connectivity index (χ1) is 19.1. The van der Waals surface area contributed by atoms with E-state index in [1.54, 1.807) is 33.7 Å². The van der Waals surface area contributed by atoms with Crippen molar-refractivity contribution in [2.75, 3.05) is 24.7 Å². The number of hydrogen-bond acceptors (Lipinski definition) is 6. The molecule has 6 atom stereocenters. The number of nitrogens with zero attached hydrogens (tertiary/aromatic N) is 2. The standard InChI is InChI=1S/C32H44N2O5S/c1-7-9-10-17-39-31(38)25-24-14-15-32(40-24)26(25)29(36)34(23(19-35)18-20(3)4)28(32)30(37)33(16-8-2)27-21(5)12-11-13-22(27)6/h7-8,11-13,20,23-26,28,35H,1-2,9-10,14-19H2,3-6H3/t23-,24+,25-,26+,28?,32?/m1/s1. The molecule has 40 heavy (non-hydrogen) atoms. The van der Waals surface area contributed by atoms with Crippen molar-refractivity contribution in [3.8, 4) is 0 Å². The Morgan fingerprint density at radius 3 is 2.55 bits per heavy atom. The number of aryl methyl sites for hydroxylation is 2. The Morgan fingerprint density at radius 2 is 1.95 bits per heavy atom. The topological polar surface area (TPSA) is 87.2 Å². The van der Waals surface area contributed by atoms with Crippen molar-refractivity contribution in [1.82, 2.24) is 4.90 Å². The molecule has 2 unspecified atom stereocenters. The van der Waals surface area contributed by atoms with E-state index < -0.39 is 28.7 Å². The summed E-state index contributed by atoms with van der Waals surface area (Å²) in [5.74, 6) is -1.78. The molecule has 218 valence electrons. The fourth-order valence-electron chi connectivity index (χ4n) is 7.15. The molecule has 1 aromatic rings. The van der Waals surface area contributed by atoms with Gasteiger partial charge in [0.25, 0.3) is 5.91 Å². The van der Waals surface area contributed by atoms with Crippen LogP contribution >= 0.6 is 11.8 Å². The molecule has 0 aromatic heterocycles. The zero-order valence-electron chi connectivity index (χ0n) is 24.3. The number of rotatable bonds is 13. The first kappa shape index (κ1) is 30.4. The normalized spacial score (nSPS) is 27.6. The molecule has 0 aliphatic carbocycles. The highest BCUT2D eigenvalue weighted by Gasteiger charge is 2.74. The number of carbonyl (C=O) groups excluding carboxylic acids is 3. The highest BCUT2D eigenvalue weighted by atomic mass is 32.2. The van der Waals surface area contributed by atoms with Crippen molar-refractivity contribution in [2.45, 2.75) is 81.9 Å². The number of likely N-dealkylation sites (tertiary alicyclic amines) is 1. The molecule has 1 spiro atoms. The molecule has 3 saturated heterocycles. The lowest BCUT2D eigenvalue weighted by atomic mass is 9.71. The number of para-hydroxylation sites is 1. The van der Waals surface area contributed by atoms with E-state index in [2.05, 4.69) is 13.2 Å². The molecule has 2 amide bonds. The van der Waals surface area contributed by atoms with E-state index in [4.69, 9.17) is 4.74 Å². The van der Waals surface area contributed by atoms with Gasteiger partial charge in [0.05, 0.1) is 35.8 Å². The second kappa shape index (κ2) is 12.5. The maximum absolute atomic E-state index is 14.8. The van der Waals surface area contributed by atoms with Gasteiger partial charge in [-0.1, -0.05) is 44.2 Å². The number of fused-ring (bicyclic) bond motifs is 1. The number of aliphatic hydroxyl groups excluding tert-OH is 1. The average Bonchev–Trinajstić information content (AvgIpc) is 3.56. The number of hydrogen-bond donors (Lipinski definition) is 1. The predicted octanol–water partition coefficient (Wildman–Crippen LogP) is 4.83. The van der Waals surface area contributed by atoms with E-state index in [0.717, 1.165) is 29.7 Å². The van der Waals surface area contributed by atoms with Crippen molar-refractivity contribution < 1.29 is 24.2 Å². The van der Waals surface area contributed by atoms with Crippen LogP contribution in [0.1, 0.15) is 57.1 Å². The third-order valence-electron chi connectivity index (χ3n) is 8.68. The molecule has 3 heterocycles. The molecule has 3 fully saturated rings. The average molecular weight is 569 g/mol. The molecule has 3 aliphatic rings. The van der Waals surface area contributed by atoms with Crippen molar-refractivity contribution >= 4 is 35.2 Å². The Labute approximate surface area is 243 Å². The van der Waals surface area contributed by atoms with E-state index in [-0.39, 0.29) is 42.2 Å². The van der Waals surface area contributed by atoms with Gasteiger partial charge < -0.3 is 19.6 Å². The summed E-state index contributed by atoms with van der Waals surface area (Å²) in [5, 5.41) is 10.5. The fraction of sp³-hybridized carbons (Fsp3) is 0.594. The van der Waals surface area contributed by atoms with Crippen LogP contribution in [-0.4, -0.2) is 69.6 Å². The largest absolute Gasteiger partial charge is 0.465 e. The lowest BCUT2D eigenvalue weighted by Crippen LogP contribution is -2.58. The molecular weight excluding hydrogens is 524 g/mol. The number of allylic oxidation sites excluding steroid dienone is 1. The van der Waals surface area contributed by atoms with Gasteiger partial charge in [-0.05, 0) is 63.0 Å². The van der Waals surface area contributed by atoms with E-state index in [1.807, 2.05) is 45.9 Å². The number of amides is 2. The minimum atomic E-state index is -0.798. The van der Waals surface area contributed by atoms with E-state index >= 15 is 0 Å². The van der Waals surface area contributed by atoms with Crippen LogP contribution in [0.4, 0.5) is 5.69 Å². The van der Waals surface area contributed by atoms with Gasteiger partial charge in [0.2, 0.25) is 5.91 Å². The number of aliphatic hydroxyl groups is 1. The summed E-state index contributed by atoms with van der Waals surface area (Å²) >= 11 is 1.63. The first-order valence-corrected chi connectivity index (χ1v) is 15.4. The minimum Gasteiger partial charge on any atom is -0.465 e. The summed E-state index contributed by atoms with van der Waals surface area (Å²) in [6, 6.07) is 4.61. The van der Waals surface area contributed by atoms with Gasteiger partial charge in [-0.3, -0.25) is 14.4 Å². The number of esters is 1. The first-order valence-electron chi connectivity index (χ1n) is 14.5. The maximum Gasteiger partial charge on any atom is 0.310 e. The van der Waals surface area contributed by atoms with E-state index in [9.17, 15) is 19.5 Å². The van der Waals surface area contributed by atoms with Gasteiger partial charge in [0.1, 0.15) is 6.04 Å². The van der Waals surface area contributed by atoms with Crippen LogP contribution in [0, 0.1) is 31.6 Å². The number of anilines is 1. The number of benzene rings is 1. The lowest BCUT2D eigenvalue weighted by molar-refractivity contribution is -0.154. The monoisotopic (exact) mass is 568 g/mol. The molecule has 8 heteroatoms. The third-order valence-corrected chi connectivity index (χ3v) is 10.6. The fourth-order valence-corrected chi connectivity index (χ4v) is 9.34. The van der Waals surface area contributed by atoms with Crippen LogP contribution in [0.3, 0.4) is 0 Å². The summed E-state index contributed by atoms with van der Waals surface area (Å²) in [7, 11) is 0. The van der Waals surface area contributed by atoms with Crippen molar-refractivity contribution in [2.24, 2.45) is 17.8 Å². The molecule has 0 saturated carbocycles. The quantitative estimate of drug-likeness (QED) is 0.208. The molecule has 3 aliphatic heterocycles. The summed E-state index contributed by atoms with van der Waals surface area (Å²) < 4.78 is 4.93. The van der Waals surface area contributed by atoms with Gasteiger partial charge >= 0.3 is 5.97 Å². The molecule has 4 rings (SSSR count). The molecule has 1 N–H and O–H groups in total. The summed E-state index contributed by atoms with van der Waals surface area (Å²) in [6.45, 7) is 16.0. The lowest BCUT2D eigenvalue weighted by Gasteiger charge is -2.40. The SMILES string of the molecule is C=CCCCOC(=O)[C@@H]1[C@@H]2CCC3(S2)C(C(=O)N(CC=C)c2c(C)cccc2C)N([C@@H](CO)CC(C)C)C(=O)[C@H]13. The van der Waals surface area contributed by atoms with E-state index in [0.29, 0.717) is 25.8 Å².